The van der Waals surface area contributed by atoms with E-state index in [0.29, 0.717) is 0 Å². The number of hydrogen-bond acceptors (Lipinski definition) is 6. The van der Waals surface area contributed by atoms with Gasteiger partial charge in [-0.3, -0.25) is 0 Å². The first kappa shape index (κ1) is 17.0. The van der Waals surface area contributed by atoms with E-state index in [9.17, 15) is 9.59 Å². The Morgan fingerprint density at radius 1 is 1.09 bits per heavy atom. The molecule has 124 valence electrons. The molecule has 0 saturated carbocycles. The molecular weight excluding hydrogens is 296 g/mol. The molecule has 0 radical (unpaired) electrons. The Labute approximate surface area is 136 Å². The number of rotatable bonds is 5. The fourth-order valence-electron chi connectivity index (χ4n) is 2.05. The average Bonchev–Trinajstić information content (AvgIpc) is 2.44. The highest BCUT2D eigenvalue weighted by Gasteiger charge is 2.38. The third-order valence-corrected chi connectivity index (χ3v) is 3.30. The minimum Gasteiger partial charge on any atom is -0.419 e. The van der Waals surface area contributed by atoms with Crippen LogP contribution in [0.5, 0.6) is 0 Å². The zero-order valence-corrected chi connectivity index (χ0v) is 13.9. The molecule has 0 amide bonds. The quantitative estimate of drug-likeness (QED) is 0.508. The molecule has 23 heavy (non-hydrogen) atoms. The van der Waals surface area contributed by atoms with Crippen molar-refractivity contribution in [3.63, 3.8) is 0 Å². The predicted octanol–water partition coefficient (Wildman–Crippen LogP) is 1.92. The van der Waals surface area contributed by atoms with Crippen LogP contribution in [0.25, 0.3) is 0 Å². The van der Waals surface area contributed by atoms with E-state index in [-0.39, 0.29) is 5.57 Å². The van der Waals surface area contributed by atoms with Crippen LogP contribution in [-0.2, 0) is 25.5 Å². The van der Waals surface area contributed by atoms with Gasteiger partial charge in [0, 0.05) is 32.3 Å². The lowest BCUT2D eigenvalue weighted by Crippen LogP contribution is -2.42. The van der Waals surface area contributed by atoms with Crippen LogP contribution in [0.2, 0.25) is 0 Å². The number of carbonyl (C=O) groups excluding carboxylic acids is 2. The summed E-state index contributed by atoms with van der Waals surface area (Å²) in [6.45, 7) is 4.00. The van der Waals surface area contributed by atoms with Gasteiger partial charge in [-0.05, 0) is 38.2 Å². The Hall–Kier alpha value is -2.34. The largest absolute Gasteiger partial charge is 0.419 e. The van der Waals surface area contributed by atoms with Crippen molar-refractivity contribution in [3.05, 3.63) is 41.6 Å². The lowest BCUT2D eigenvalue weighted by Gasteiger charge is -2.29. The van der Waals surface area contributed by atoms with Crippen molar-refractivity contribution in [2.45, 2.75) is 26.1 Å². The summed E-state index contributed by atoms with van der Waals surface area (Å²) in [5.41, 5.74) is 1.84. The van der Waals surface area contributed by atoms with Crippen LogP contribution < -0.4 is 5.32 Å². The summed E-state index contributed by atoms with van der Waals surface area (Å²) in [4.78, 5) is 25.7. The number of likely N-dealkylation sites (N-methyl/N-ethyl adjacent to an activating group) is 1. The highest BCUT2D eigenvalue weighted by molar-refractivity contribution is 6.15. The lowest BCUT2D eigenvalue weighted by molar-refractivity contribution is -0.222. The van der Waals surface area contributed by atoms with Crippen LogP contribution in [0.3, 0.4) is 0 Å². The first-order valence-electron chi connectivity index (χ1n) is 7.44. The molecule has 1 aliphatic rings. The molecule has 1 saturated heterocycles. The van der Waals surface area contributed by atoms with Crippen LogP contribution >= 0.6 is 0 Å². The smallest absolute Gasteiger partial charge is 0.350 e. The van der Waals surface area contributed by atoms with Crippen LogP contribution in [0.1, 0.15) is 19.4 Å². The number of benzene rings is 1. The number of nitrogens with one attached hydrogen (secondary N) is 1. The van der Waals surface area contributed by atoms with Gasteiger partial charge < -0.3 is 19.7 Å². The summed E-state index contributed by atoms with van der Waals surface area (Å²) in [7, 11) is 4.07. The van der Waals surface area contributed by atoms with Gasteiger partial charge in [0.25, 0.3) is 5.79 Å². The van der Waals surface area contributed by atoms with Crippen LogP contribution in [0.4, 0.5) is 5.69 Å². The fraction of sp³-hybridized carbons (Fsp3) is 0.412. The predicted molar refractivity (Wildman–Crippen MR) is 86.7 cm³/mol. The molecule has 6 nitrogen and oxygen atoms in total. The molecule has 2 rings (SSSR count). The van der Waals surface area contributed by atoms with E-state index in [1.165, 1.54) is 25.6 Å². The second-order valence-electron chi connectivity index (χ2n) is 6.13. The van der Waals surface area contributed by atoms with Gasteiger partial charge in [-0.1, -0.05) is 12.1 Å². The zero-order valence-electron chi connectivity index (χ0n) is 13.9. The Morgan fingerprint density at radius 2 is 1.65 bits per heavy atom. The molecule has 0 atom stereocenters. The third-order valence-electron chi connectivity index (χ3n) is 3.30. The Balaban J connectivity index is 1.99. The maximum atomic E-state index is 11.8. The molecule has 0 aliphatic carbocycles. The van der Waals surface area contributed by atoms with Gasteiger partial charge in [-0.2, -0.15) is 0 Å². The summed E-state index contributed by atoms with van der Waals surface area (Å²) in [6.07, 6.45) is 2.27. The molecule has 0 bridgehead atoms. The van der Waals surface area contributed by atoms with Gasteiger partial charge in [0.1, 0.15) is 0 Å². The lowest BCUT2D eigenvalue weighted by atomic mass is 10.1. The number of cyclic esters (lactones) is 2. The van der Waals surface area contributed by atoms with E-state index in [1.54, 1.807) is 0 Å². The van der Waals surface area contributed by atoms with E-state index in [2.05, 4.69) is 10.2 Å². The topological polar surface area (TPSA) is 67.9 Å². The number of hydrogen-bond donors (Lipinski definition) is 1. The summed E-state index contributed by atoms with van der Waals surface area (Å²) in [5.74, 6) is -2.61. The van der Waals surface area contributed by atoms with Crippen molar-refractivity contribution in [2.24, 2.45) is 0 Å². The van der Waals surface area contributed by atoms with Crippen molar-refractivity contribution in [1.82, 2.24) is 4.90 Å². The minimum absolute atomic E-state index is 0.152. The molecule has 1 aliphatic heterocycles. The van der Waals surface area contributed by atoms with Crippen LogP contribution in [0.15, 0.2) is 36.0 Å². The first-order chi connectivity index (χ1) is 10.8. The molecule has 0 aromatic heterocycles. The Morgan fingerprint density at radius 3 is 2.17 bits per heavy atom. The number of carbonyl (C=O) groups is 2. The van der Waals surface area contributed by atoms with Gasteiger partial charge >= 0.3 is 11.9 Å². The fourth-order valence-corrected chi connectivity index (χ4v) is 2.05. The summed E-state index contributed by atoms with van der Waals surface area (Å²) >= 11 is 0. The minimum atomic E-state index is -1.22. The highest BCUT2D eigenvalue weighted by Crippen LogP contribution is 2.22. The van der Waals surface area contributed by atoms with Crippen molar-refractivity contribution in [1.29, 1.82) is 0 Å². The standard InChI is InChI=1S/C17H22N2O4/c1-17(2)22-15(20)14(16(21)23-17)11-18-13-7-5-12(6-8-13)9-10-19(3)4/h5-8,11,18H,9-10H2,1-4H3. The first-order valence-corrected chi connectivity index (χ1v) is 7.44. The van der Waals surface area contributed by atoms with E-state index in [0.717, 1.165) is 18.7 Å². The number of nitrogens with zero attached hydrogens (tertiary/aromatic N) is 1. The van der Waals surface area contributed by atoms with Gasteiger partial charge in [0.2, 0.25) is 0 Å². The highest BCUT2D eigenvalue weighted by atomic mass is 16.7. The molecular formula is C17H22N2O4. The van der Waals surface area contributed by atoms with Crippen molar-refractivity contribution < 1.29 is 19.1 Å². The normalized spacial score (nSPS) is 16.8. The summed E-state index contributed by atoms with van der Waals surface area (Å²) in [5, 5.41) is 2.92. The van der Waals surface area contributed by atoms with E-state index in [1.807, 2.05) is 38.4 Å². The van der Waals surface area contributed by atoms with Gasteiger partial charge in [-0.15, -0.1) is 0 Å². The Bertz CT molecular complexity index is 596. The summed E-state index contributed by atoms with van der Waals surface area (Å²) < 4.78 is 10.0. The van der Waals surface area contributed by atoms with E-state index >= 15 is 0 Å². The van der Waals surface area contributed by atoms with Crippen molar-refractivity contribution in [3.8, 4) is 0 Å². The van der Waals surface area contributed by atoms with E-state index < -0.39 is 17.7 Å². The number of anilines is 1. The average molecular weight is 318 g/mol. The molecule has 0 unspecified atom stereocenters. The monoisotopic (exact) mass is 318 g/mol. The van der Waals surface area contributed by atoms with Crippen molar-refractivity contribution in [2.75, 3.05) is 26.0 Å². The van der Waals surface area contributed by atoms with Gasteiger partial charge in [-0.25, -0.2) is 9.59 Å². The Kier molecular flexibility index (Phi) is 5.05. The number of ether oxygens (including phenoxy) is 2. The second-order valence-corrected chi connectivity index (χ2v) is 6.13. The molecule has 1 aromatic carbocycles. The van der Waals surface area contributed by atoms with Gasteiger partial charge in [0.05, 0.1) is 0 Å². The SMILES string of the molecule is CN(C)CCc1ccc(NC=C2C(=O)OC(C)(C)OC2=O)cc1. The molecule has 6 heteroatoms. The summed E-state index contributed by atoms with van der Waals surface area (Å²) in [6, 6.07) is 7.80. The van der Waals surface area contributed by atoms with Crippen molar-refractivity contribution >= 4 is 17.6 Å². The van der Waals surface area contributed by atoms with Crippen LogP contribution in [0, 0.1) is 0 Å². The van der Waals surface area contributed by atoms with Gasteiger partial charge in [0.15, 0.2) is 5.57 Å². The van der Waals surface area contributed by atoms with E-state index in [4.69, 9.17) is 9.47 Å². The molecule has 1 heterocycles. The molecule has 0 spiro atoms. The maximum Gasteiger partial charge on any atom is 0.350 e. The molecule has 1 aromatic rings. The molecule has 1 fully saturated rings. The third kappa shape index (κ3) is 4.82. The number of esters is 2. The zero-order chi connectivity index (χ0) is 17.0. The van der Waals surface area contributed by atoms with Crippen LogP contribution in [-0.4, -0.2) is 43.3 Å². The second kappa shape index (κ2) is 6.83. The maximum absolute atomic E-state index is 11.8. The molecule has 1 N–H and O–H groups in total.